The lowest BCUT2D eigenvalue weighted by molar-refractivity contribution is 0.0299. The van der Waals surface area contributed by atoms with E-state index >= 15 is 0 Å². The molecule has 5 nitrogen and oxygen atoms in total. The number of rotatable bonds is 1. The molecule has 0 aromatic carbocycles. The van der Waals surface area contributed by atoms with E-state index in [9.17, 15) is 4.79 Å². The van der Waals surface area contributed by atoms with Gasteiger partial charge in [0.15, 0.2) is 5.13 Å². The maximum absolute atomic E-state index is 11.8. The first kappa shape index (κ1) is 9.42. The van der Waals surface area contributed by atoms with Gasteiger partial charge < -0.3 is 15.4 Å². The number of carbonyl (C=O) groups excluding carboxylic acids is 1. The Balaban J connectivity index is 2.07. The van der Waals surface area contributed by atoms with Gasteiger partial charge in [0.05, 0.1) is 13.2 Å². The Bertz CT molecular complexity index is 333. The van der Waals surface area contributed by atoms with Crippen LogP contribution in [0, 0.1) is 0 Å². The molecule has 1 aromatic rings. The SMILES string of the molecule is Nc1nc(C(=O)N2CCOCC2)cs1. The number of nitrogens with zero attached hydrogens (tertiary/aromatic N) is 2. The molecule has 0 bridgehead atoms. The fraction of sp³-hybridized carbons (Fsp3) is 0.500. The predicted octanol–water partition coefficient (Wildman–Crippen LogP) is 0.198. The lowest BCUT2D eigenvalue weighted by Crippen LogP contribution is -2.40. The second-order valence-corrected chi connectivity index (χ2v) is 3.87. The molecule has 6 heteroatoms. The molecule has 1 amide bonds. The molecule has 1 saturated heterocycles. The summed E-state index contributed by atoms with van der Waals surface area (Å²) in [6, 6.07) is 0. The largest absolute Gasteiger partial charge is 0.378 e. The Hall–Kier alpha value is -1.14. The highest BCUT2D eigenvalue weighted by Crippen LogP contribution is 2.13. The first-order chi connectivity index (χ1) is 6.77. The molecule has 0 atom stereocenters. The Morgan fingerprint density at radius 2 is 2.29 bits per heavy atom. The highest BCUT2D eigenvalue weighted by molar-refractivity contribution is 7.13. The standard InChI is InChI=1S/C8H11N3O2S/c9-8-10-6(5-14-8)7(12)11-1-3-13-4-2-11/h5H,1-4H2,(H2,9,10). The van der Waals surface area contributed by atoms with Crippen LogP contribution < -0.4 is 5.73 Å². The Morgan fingerprint density at radius 1 is 1.57 bits per heavy atom. The monoisotopic (exact) mass is 213 g/mol. The van der Waals surface area contributed by atoms with E-state index < -0.39 is 0 Å². The number of nitrogens with two attached hydrogens (primary N) is 1. The van der Waals surface area contributed by atoms with E-state index in [1.165, 1.54) is 11.3 Å². The zero-order valence-corrected chi connectivity index (χ0v) is 8.42. The Morgan fingerprint density at radius 3 is 2.86 bits per heavy atom. The molecule has 2 N–H and O–H groups in total. The average molecular weight is 213 g/mol. The van der Waals surface area contributed by atoms with Crippen LogP contribution in [0.2, 0.25) is 0 Å². The van der Waals surface area contributed by atoms with Gasteiger partial charge in [-0.25, -0.2) is 4.98 Å². The smallest absolute Gasteiger partial charge is 0.273 e. The van der Waals surface area contributed by atoms with Gasteiger partial charge in [-0.3, -0.25) is 4.79 Å². The fourth-order valence-corrected chi connectivity index (χ4v) is 1.85. The highest BCUT2D eigenvalue weighted by Gasteiger charge is 2.20. The second kappa shape index (κ2) is 3.93. The minimum Gasteiger partial charge on any atom is -0.378 e. The van der Waals surface area contributed by atoms with E-state index in [1.54, 1.807) is 10.3 Å². The van der Waals surface area contributed by atoms with E-state index in [2.05, 4.69) is 4.98 Å². The molecule has 0 aliphatic carbocycles. The average Bonchev–Trinajstić information content (AvgIpc) is 2.65. The number of hydrogen-bond acceptors (Lipinski definition) is 5. The van der Waals surface area contributed by atoms with Crippen LogP contribution in [0.5, 0.6) is 0 Å². The third kappa shape index (κ3) is 1.85. The van der Waals surface area contributed by atoms with Crippen LogP contribution >= 0.6 is 11.3 Å². The summed E-state index contributed by atoms with van der Waals surface area (Å²) >= 11 is 1.28. The molecule has 0 radical (unpaired) electrons. The van der Waals surface area contributed by atoms with Gasteiger partial charge in [0, 0.05) is 18.5 Å². The van der Waals surface area contributed by atoms with Gasteiger partial charge in [0.25, 0.3) is 5.91 Å². The van der Waals surface area contributed by atoms with Gasteiger partial charge in [-0.15, -0.1) is 11.3 Å². The summed E-state index contributed by atoms with van der Waals surface area (Å²) in [6.07, 6.45) is 0. The van der Waals surface area contributed by atoms with E-state index in [4.69, 9.17) is 10.5 Å². The van der Waals surface area contributed by atoms with Crippen LogP contribution in [-0.4, -0.2) is 42.1 Å². The van der Waals surface area contributed by atoms with Crippen LogP contribution in [0.3, 0.4) is 0 Å². The lowest BCUT2D eigenvalue weighted by atomic mass is 10.3. The lowest BCUT2D eigenvalue weighted by Gasteiger charge is -2.25. The molecule has 76 valence electrons. The minimum absolute atomic E-state index is 0.0544. The molecule has 0 unspecified atom stereocenters. The molecule has 2 heterocycles. The molecular formula is C8H11N3O2S. The van der Waals surface area contributed by atoms with Crippen molar-refractivity contribution in [2.45, 2.75) is 0 Å². The number of ether oxygens (including phenoxy) is 1. The summed E-state index contributed by atoms with van der Waals surface area (Å²) in [4.78, 5) is 17.5. The van der Waals surface area contributed by atoms with Gasteiger partial charge >= 0.3 is 0 Å². The number of carbonyl (C=O) groups is 1. The van der Waals surface area contributed by atoms with Crippen LogP contribution in [0.1, 0.15) is 10.5 Å². The summed E-state index contributed by atoms with van der Waals surface area (Å²) < 4.78 is 5.15. The number of thiazole rings is 1. The zero-order valence-electron chi connectivity index (χ0n) is 7.60. The van der Waals surface area contributed by atoms with Crippen molar-refractivity contribution in [3.63, 3.8) is 0 Å². The number of amides is 1. The maximum atomic E-state index is 11.8. The number of hydrogen-bond donors (Lipinski definition) is 1. The molecular weight excluding hydrogens is 202 g/mol. The van der Waals surface area contributed by atoms with Gasteiger partial charge in [-0.1, -0.05) is 0 Å². The van der Waals surface area contributed by atoms with Gasteiger partial charge in [-0.2, -0.15) is 0 Å². The first-order valence-corrected chi connectivity index (χ1v) is 5.23. The third-order valence-electron chi connectivity index (χ3n) is 2.04. The summed E-state index contributed by atoms with van der Waals surface area (Å²) in [5.41, 5.74) is 5.90. The molecule has 1 fully saturated rings. The summed E-state index contributed by atoms with van der Waals surface area (Å²) in [7, 11) is 0. The molecule has 1 aliphatic rings. The van der Waals surface area contributed by atoms with E-state index in [-0.39, 0.29) is 5.91 Å². The number of nitrogen functional groups attached to an aromatic ring is 1. The van der Waals surface area contributed by atoms with E-state index in [1.807, 2.05) is 0 Å². The molecule has 0 saturated carbocycles. The van der Waals surface area contributed by atoms with Gasteiger partial charge in [0.1, 0.15) is 5.69 Å². The summed E-state index contributed by atoms with van der Waals surface area (Å²) in [5, 5.41) is 2.12. The first-order valence-electron chi connectivity index (χ1n) is 4.35. The molecule has 1 aliphatic heterocycles. The van der Waals surface area contributed by atoms with Crippen LogP contribution in [-0.2, 0) is 4.74 Å². The quantitative estimate of drug-likeness (QED) is 0.723. The van der Waals surface area contributed by atoms with Crippen LogP contribution in [0.25, 0.3) is 0 Å². The van der Waals surface area contributed by atoms with Crippen molar-refractivity contribution in [2.75, 3.05) is 32.0 Å². The van der Waals surface area contributed by atoms with Crippen molar-refractivity contribution in [3.8, 4) is 0 Å². The van der Waals surface area contributed by atoms with Gasteiger partial charge in [-0.05, 0) is 0 Å². The summed E-state index contributed by atoms with van der Waals surface area (Å²) in [5.74, 6) is -0.0544. The fourth-order valence-electron chi connectivity index (χ4n) is 1.31. The molecule has 14 heavy (non-hydrogen) atoms. The Labute approximate surface area is 85.5 Å². The molecule has 2 rings (SSSR count). The summed E-state index contributed by atoms with van der Waals surface area (Å²) in [6.45, 7) is 2.48. The van der Waals surface area contributed by atoms with Crippen molar-refractivity contribution < 1.29 is 9.53 Å². The molecule has 1 aromatic heterocycles. The zero-order chi connectivity index (χ0) is 9.97. The Kier molecular flexibility index (Phi) is 2.64. The van der Waals surface area contributed by atoms with Crippen LogP contribution in [0.4, 0.5) is 5.13 Å². The minimum atomic E-state index is -0.0544. The predicted molar refractivity (Wildman–Crippen MR) is 53.2 cm³/mol. The topological polar surface area (TPSA) is 68.5 Å². The van der Waals surface area contributed by atoms with E-state index in [0.717, 1.165) is 0 Å². The van der Waals surface area contributed by atoms with Crippen molar-refractivity contribution in [2.24, 2.45) is 0 Å². The maximum Gasteiger partial charge on any atom is 0.273 e. The van der Waals surface area contributed by atoms with Crippen LogP contribution in [0.15, 0.2) is 5.38 Å². The number of anilines is 1. The van der Waals surface area contributed by atoms with Crippen molar-refractivity contribution in [1.82, 2.24) is 9.88 Å². The molecule has 0 spiro atoms. The van der Waals surface area contributed by atoms with Gasteiger partial charge in [0.2, 0.25) is 0 Å². The normalized spacial score (nSPS) is 17.0. The number of morpholine rings is 1. The van der Waals surface area contributed by atoms with Crippen molar-refractivity contribution in [1.29, 1.82) is 0 Å². The van der Waals surface area contributed by atoms with Crippen molar-refractivity contribution in [3.05, 3.63) is 11.1 Å². The number of aromatic nitrogens is 1. The van der Waals surface area contributed by atoms with Crippen molar-refractivity contribution >= 4 is 22.4 Å². The third-order valence-corrected chi connectivity index (χ3v) is 2.71. The van der Waals surface area contributed by atoms with E-state index in [0.29, 0.717) is 37.1 Å². The highest BCUT2D eigenvalue weighted by atomic mass is 32.1. The second-order valence-electron chi connectivity index (χ2n) is 2.98.